The van der Waals surface area contributed by atoms with E-state index in [9.17, 15) is 10.2 Å². The first kappa shape index (κ1) is 21.9. The number of hydrogen-bond donors (Lipinski definition) is 3. The van der Waals surface area contributed by atoms with Gasteiger partial charge in [0, 0.05) is 24.6 Å². The number of methoxy groups -OCH3 is 1. The highest BCUT2D eigenvalue weighted by atomic mass is 16.5. The third-order valence-corrected chi connectivity index (χ3v) is 6.30. The lowest BCUT2D eigenvalue weighted by Crippen LogP contribution is -2.60. The molecule has 1 fully saturated rings. The molecule has 0 amide bonds. The van der Waals surface area contributed by atoms with Gasteiger partial charge in [0.1, 0.15) is 23.1 Å². The number of fused-ring (bicyclic) bond motifs is 1. The number of aliphatic hydroxyl groups excluding tert-OH is 1. The van der Waals surface area contributed by atoms with Gasteiger partial charge in [0.25, 0.3) is 0 Å². The van der Waals surface area contributed by atoms with E-state index < -0.39 is 11.7 Å². The number of ether oxygens (including phenoxy) is 3. The molecule has 4 rings (SSSR count). The van der Waals surface area contributed by atoms with Crippen LogP contribution in [0, 0.1) is 0 Å². The summed E-state index contributed by atoms with van der Waals surface area (Å²) in [6.45, 7) is 4.88. The third kappa shape index (κ3) is 4.38. The van der Waals surface area contributed by atoms with Crippen molar-refractivity contribution in [2.24, 2.45) is 0 Å². The zero-order chi connectivity index (χ0) is 22.1. The van der Waals surface area contributed by atoms with E-state index in [0.29, 0.717) is 37.3 Å². The smallest absolute Gasteiger partial charge is 0.165 e. The molecule has 6 heteroatoms. The second-order valence-electron chi connectivity index (χ2n) is 9.15. The molecular weight excluding hydrogens is 394 g/mol. The van der Waals surface area contributed by atoms with Crippen LogP contribution in [0.5, 0.6) is 17.2 Å². The second-order valence-corrected chi connectivity index (χ2v) is 9.15. The lowest BCUT2D eigenvalue weighted by atomic mass is 9.77. The van der Waals surface area contributed by atoms with E-state index in [0.717, 1.165) is 23.3 Å². The number of hydrogen-bond acceptors (Lipinski definition) is 6. The number of piperidine rings is 1. The van der Waals surface area contributed by atoms with E-state index in [4.69, 9.17) is 14.2 Å². The predicted molar refractivity (Wildman–Crippen MR) is 119 cm³/mol. The molecule has 3 atom stereocenters. The molecule has 1 saturated heterocycles. The maximum atomic E-state index is 12.0. The van der Waals surface area contributed by atoms with Crippen LogP contribution in [0.15, 0.2) is 42.5 Å². The average molecular weight is 428 g/mol. The SMILES string of the molecule is COc1cccc(C2(O)CCNC(CCCO)C2Oc2cccc3c2OC(C)(C)C3)c1. The molecule has 0 spiro atoms. The Morgan fingerprint density at radius 1 is 1.19 bits per heavy atom. The third-order valence-electron chi connectivity index (χ3n) is 6.30. The van der Waals surface area contributed by atoms with Crippen molar-refractivity contribution in [3.05, 3.63) is 53.6 Å². The van der Waals surface area contributed by atoms with Crippen LogP contribution < -0.4 is 19.5 Å². The molecule has 3 N–H and O–H groups in total. The van der Waals surface area contributed by atoms with Crippen molar-refractivity contribution in [2.75, 3.05) is 20.3 Å². The molecule has 31 heavy (non-hydrogen) atoms. The molecule has 3 unspecified atom stereocenters. The Bertz CT molecular complexity index is 915. The summed E-state index contributed by atoms with van der Waals surface area (Å²) >= 11 is 0. The molecule has 0 saturated carbocycles. The van der Waals surface area contributed by atoms with Gasteiger partial charge in [-0.1, -0.05) is 24.3 Å². The van der Waals surface area contributed by atoms with Crippen molar-refractivity contribution in [3.8, 4) is 17.2 Å². The van der Waals surface area contributed by atoms with Crippen LogP contribution in [0.2, 0.25) is 0 Å². The van der Waals surface area contributed by atoms with Gasteiger partial charge in [0.15, 0.2) is 11.5 Å². The minimum absolute atomic E-state index is 0.0977. The van der Waals surface area contributed by atoms with E-state index >= 15 is 0 Å². The zero-order valence-corrected chi connectivity index (χ0v) is 18.6. The summed E-state index contributed by atoms with van der Waals surface area (Å²) in [5, 5.41) is 24.9. The molecule has 0 aliphatic carbocycles. The lowest BCUT2D eigenvalue weighted by Gasteiger charge is -2.45. The molecule has 2 aliphatic rings. The predicted octanol–water partition coefficient (Wildman–Crippen LogP) is 3.18. The number of aliphatic hydroxyl groups is 2. The first-order valence-corrected chi connectivity index (χ1v) is 11.0. The van der Waals surface area contributed by atoms with Gasteiger partial charge in [0.2, 0.25) is 0 Å². The van der Waals surface area contributed by atoms with Crippen molar-refractivity contribution in [1.29, 1.82) is 0 Å². The van der Waals surface area contributed by atoms with Gasteiger partial charge in [-0.05, 0) is 63.4 Å². The van der Waals surface area contributed by atoms with E-state index in [-0.39, 0.29) is 18.2 Å². The van der Waals surface area contributed by atoms with Crippen molar-refractivity contribution < 1.29 is 24.4 Å². The van der Waals surface area contributed by atoms with Crippen molar-refractivity contribution in [1.82, 2.24) is 5.32 Å². The highest BCUT2D eigenvalue weighted by molar-refractivity contribution is 5.50. The van der Waals surface area contributed by atoms with E-state index in [1.54, 1.807) is 7.11 Å². The fraction of sp³-hybridized carbons (Fsp3) is 0.520. The first-order valence-electron chi connectivity index (χ1n) is 11.0. The van der Waals surface area contributed by atoms with E-state index in [1.807, 2.05) is 36.4 Å². The summed E-state index contributed by atoms with van der Waals surface area (Å²) < 4.78 is 18.2. The molecule has 0 aromatic heterocycles. The summed E-state index contributed by atoms with van der Waals surface area (Å²) in [7, 11) is 1.62. The van der Waals surface area contributed by atoms with Crippen molar-refractivity contribution in [2.45, 2.75) is 62.9 Å². The molecule has 0 bridgehead atoms. The number of nitrogens with one attached hydrogen (secondary N) is 1. The Balaban J connectivity index is 1.72. The summed E-state index contributed by atoms with van der Waals surface area (Å²) in [6, 6.07) is 13.4. The van der Waals surface area contributed by atoms with Crippen molar-refractivity contribution >= 4 is 0 Å². The van der Waals surface area contributed by atoms with Crippen LogP contribution >= 0.6 is 0 Å². The summed E-state index contributed by atoms with van der Waals surface area (Å²) in [4.78, 5) is 0. The fourth-order valence-electron chi connectivity index (χ4n) is 4.79. The van der Waals surface area contributed by atoms with Gasteiger partial charge in [-0.15, -0.1) is 0 Å². The normalized spacial score (nSPS) is 26.7. The molecule has 0 radical (unpaired) electrons. The number of rotatable bonds is 7. The van der Waals surface area contributed by atoms with Gasteiger partial charge >= 0.3 is 0 Å². The standard InChI is InChI=1S/C25H33NO5/c1-24(2)16-17-7-4-11-21(22(17)31-24)30-23-20(10-6-14-27)26-13-12-25(23,28)18-8-5-9-19(15-18)29-3/h4-5,7-9,11,15,20,23,26-28H,6,10,12-14,16H2,1-3H3. The Labute approximate surface area is 184 Å². The van der Waals surface area contributed by atoms with Crippen molar-refractivity contribution in [3.63, 3.8) is 0 Å². The van der Waals surface area contributed by atoms with Gasteiger partial charge in [-0.2, -0.15) is 0 Å². The van der Waals surface area contributed by atoms with Crippen LogP contribution in [-0.2, 0) is 12.0 Å². The van der Waals surface area contributed by atoms with Gasteiger partial charge in [-0.25, -0.2) is 0 Å². The topological polar surface area (TPSA) is 80.2 Å². The number of benzene rings is 2. The molecule has 2 aliphatic heterocycles. The molecular formula is C25H33NO5. The summed E-state index contributed by atoms with van der Waals surface area (Å²) in [5.41, 5.74) is 0.382. The molecule has 2 aromatic carbocycles. The quantitative estimate of drug-likeness (QED) is 0.630. The largest absolute Gasteiger partial charge is 0.497 e. The Morgan fingerprint density at radius 2 is 2.00 bits per heavy atom. The van der Waals surface area contributed by atoms with Crippen LogP contribution in [-0.4, -0.2) is 48.2 Å². The molecule has 6 nitrogen and oxygen atoms in total. The minimum Gasteiger partial charge on any atom is -0.497 e. The Morgan fingerprint density at radius 3 is 2.77 bits per heavy atom. The number of para-hydroxylation sites is 1. The van der Waals surface area contributed by atoms with Crippen LogP contribution in [0.25, 0.3) is 0 Å². The van der Waals surface area contributed by atoms with E-state index in [1.165, 1.54) is 0 Å². The fourth-order valence-corrected chi connectivity index (χ4v) is 4.79. The van der Waals surface area contributed by atoms with Gasteiger partial charge < -0.3 is 29.7 Å². The maximum absolute atomic E-state index is 12.0. The maximum Gasteiger partial charge on any atom is 0.165 e. The highest BCUT2D eigenvalue weighted by Crippen LogP contribution is 2.45. The molecule has 2 heterocycles. The second kappa shape index (κ2) is 8.69. The first-order chi connectivity index (χ1) is 14.9. The summed E-state index contributed by atoms with van der Waals surface area (Å²) in [6.07, 6.45) is 2.08. The van der Waals surface area contributed by atoms with Crippen LogP contribution in [0.4, 0.5) is 0 Å². The lowest BCUT2D eigenvalue weighted by molar-refractivity contribution is -0.107. The minimum atomic E-state index is -1.21. The monoisotopic (exact) mass is 427 g/mol. The van der Waals surface area contributed by atoms with Crippen LogP contribution in [0.3, 0.4) is 0 Å². The Kier molecular flexibility index (Phi) is 6.15. The Hall–Kier alpha value is -2.28. The van der Waals surface area contributed by atoms with Gasteiger partial charge in [0.05, 0.1) is 7.11 Å². The van der Waals surface area contributed by atoms with E-state index in [2.05, 4.69) is 25.2 Å². The molecule has 2 aromatic rings. The van der Waals surface area contributed by atoms with Crippen LogP contribution in [0.1, 0.15) is 44.2 Å². The highest BCUT2D eigenvalue weighted by Gasteiger charge is 2.48. The zero-order valence-electron chi connectivity index (χ0n) is 18.6. The average Bonchev–Trinajstić information content (AvgIpc) is 3.09. The summed E-state index contributed by atoms with van der Waals surface area (Å²) in [5.74, 6) is 2.10. The van der Waals surface area contributed by atoms with Gasteiger partial charge in [-0.3, -0.25) is 0 Å². The molecule has 168 valence electrons.